The minimum atomic E-state index is 0.104. The number of pyridine rings is 2. The van der Waals surface area contributed by atoms with Crippen molar-refractivity contribution in [2.24, 2.45) is 5.41 Å². The number of nitrogens with zero attached hydrogens (tertiary/aromatic N) is 4. The second-order valence-electron chi connectivity index (χ2n) is 8.64. The van der Waals surface area contributed by atoms with Crippen molar-refractivity contribution < 1.29 is 4.74 Å². The van der Waals surface area contributed by atoms with Crippen molar-refractivity contribution in [2.45, 2.75) is 32.2 Å². The van der Waals surface area contributed by atoms with E-state index in [1.165, 1.54) is 16.7 Å². The molecule has 164 valence electrons. The number of rotatable bonds is 9. The van der Waals surface area contributed by atoms with E-state index in [1.54, 1.807) is 0 Å². The van der Waals surface area contributed by atoms with Gasteiger partial charge in [0.05, 0.1) is 24.3 Å². The van der Waals surface area contributed by atoms with Crippen molar-refractivity contribution in [2.75, 3.05) is 26.3 Å². The summed E-state index contributed by atoms with van der Waals surface area (Å²) >= 11 is 0. The molecule has 0 N–H and O–H groups in total. The van der Waals surface area contributed by atoms with Gasteiger partial charge in [-0.05, 0) is 73.7 Å². The van der Waals surface area contributed by atoms with Crippen LogP contribution in [0.1, 0.15) is 48.1 Å². The predicted octanol–water partition coefficient (Wildman–Crippen LogP) is 4.80. The fourth-order valence-electron chi connectivity index (χ4n) is 4.75. The first kappa shape index (κ1) is 22.1. The first-order valence-electron chi connectivity index (χ1n) is 11.3. The van der Waals surface area contributed by atoms with Crippen LogP contribution in [0.25, 0.3) is 0 Å². The lowest BCUT2D eigenvalue weighted by atomic mass is 9.82. The molecule has 1 atom stereocenters. The van der Waals surface area contributed by atoms with Crippen LogP contribution in [0.2, 0.25) is 0 Å². The lowest BCUT2D eigenvalue weighted by molar-refractivity contribution is 0.0473. The number of ether oxygens (including phenoxy) is 1. The highest BCUT2D eigenvalue weighted by molar-refractivity contribution is 5.32. The third kappa shape index (κ3) is 5.21. The van der Waals surface area contributed by atoms with E-state index in [2.05, 4.69) is 52.1 Å². The fourth-order valence-corrected chi connectivity index (χ4v) is 4.75. The molecular formula is C27H30N4O. The van der Waals surface area contributed by atoms with Gasteiger partial charge >= 0.3 is 0 Å². The van der Waals surface area contributed by atoms with E-state index >= 15 is 0 Å². The van der Waals surface area contributed by atoms with Crippen molar-refractivity contribution in [1.29, 1.82) is 5.26 Å². The van der Waals surface area contributed by atoms with Crippen molar-refractivity contribution in [3.05, 3.63) is 95.6 Å². The first-order valence-corrected chi connectivity index (χ1v) is 11.3. The predicted molar refractivity (Wildman–Crippen MR) is 125 cm³/mol. The Balaban J connectivity index is 1.55. The van der Waals surface area contributed by atoms with Gasteiger partial charge in [-0.3, -0.25) is 14.9 Å². The Hall–Kier alpha value is -3.07. The Morgan fingerprint density at radius 1 is 1.06 bits per heavy atom. The zero-order chi connectivity index (χ0) is 22.2. The molecular weight excluding hydrogens is 396 g/mol. The minimum absolute atomic E-state index is 0.104. The molecule has 4 rings (SSSR count). The molecule has 1 saturated heterocycles. The number of hydrogen-bond acceptors (Lipinski definition) is 5. The molecule has 5 nitrogen and oxygen atoms in total. The molecule has 1 fully saturated rings. The molecule has 5 heteroatoms. The standard InChI is InChI=1S/C27H30N4O/c1-2-32-21-27(12-11-22-7-9-23(17-28)10-8-22)13-16-31(20-27)26(24-5-3-14-29-18-24)25-6-4-15-30-19-25/h3-10,14-15,18-19,26H,2,11-13,16,20-21H2,1H3. The summed E-state index contributed by atoms with van der Waals surface area (Å²) in [4.78, 5) is 11.3. The van der Waals surface area contributed by atoms with E-state index in [1.807, 2.05) is 49.1 Å². The summed E-state index contributed by atoms with van der Waals surface area (Å²) in [5.41, 5.74) is 4.47. The van der Waals surface area contributed by atoms with Crippen molar-refractivity contribution in [3.8, 4) is 6.07 Å². The van der Waals surface area contributed by atoms with Gasteiger partial charge in [0, 0.05) is 43.4 Å². The van der Waals surface area contributed by atoms with Crippen LogP contribution in [0.15, 0.2) is 73.3 Å². The summed E-state index contributed by atoms with van der Waals surface area (Å²) in [6.45, 7) is 5.54. The lowest BCUT2D eigenvalue weighted by Crippen LogP contribution is -2.34. The lowest BCUT2D eigenvalue weighted by Gasteiger charge is -2.33. The molecule has 3 aromatic rings. The van der Waals surface area contributed by atoms with E-state index in [0.29, 0.717) is 5.56 Å². The highest BCUT2D eigenvalue weighted by Gasteiger charge is 2.41. The maximum Gasteiger partial charge on any atom is 0.0991 e. The highest BCUT2D eigenvalue weighted by atomic mass is 16.5. The maximum atomic E-state index is 9.06. The van der Waals surface area contributed by atoms with Gasteiger partial charge in [0.15, 0.2) is 0 Å². The van der Waals surface area contributed by atoms with Crippen molar-refractivity contribution >= 4 is 0 Å². The van der Waals surface area contributed by atoms with Crippen LogP contribution in [0, 0.1) is 16.7 Å². The van der Waals surface area contributed by atoms with Crippen LogP contribution in [-0.2, 0) is 11.2 Å². The van der Waals surface area contributed by atoms with Gasteiger partial charge < -0.3 is 4.74 Å². The maximum absolute atomic E-state index is 9.06. The van der Waals surface area contributed by atoms with Gasteiger partial charge in [-0.25, -0.2) is 0 Å². The Labute approximate surface area is 190 Å². The van der Waals surface area contributed by atoms with E-state index in [4.69, 9.17) is 10.00 Å². The summed E-state index contributed by atoms with van der Waals surface area (Å²) in [7, 11) is 0. The SMILES string of the molecule is CCOCC1(CCc2ccc(C#N)cc2)CCN(C(c2cccnc2)c2cccnc2)C1. The molecule has 0 amide bonds. The zero-order valence-corrected chi connectivity index (χ0v) is 18.7. The minimum Gasteiger partial charge on any atom is -0.381 e. The Kier molecular flexibility index (Phi) is 7.26. The summed E-state index contributed by atoms with van der Waals surface area (Å²) in [5.74, 6) is 0. The molecule has 1 unspecified atom stereocenters. The van der Waals surface area contributed by atoms with Gasteiger partial charge in [0.25, 0.3) is 0 Å². The second kappa shape index (κ2) is 10.5. The molecule has 1 aliphatic rings. The fraction of sp³-hybridized carbons (Fsp3) is 0.370. The van der Waals surface area contributed by atoms with Crippen LogP contribution in [0.3, 0.4) is 0 Å². The van der Waals surface area contributed by atoms with Crippen molar-refractivity contribution in [1.82, 2.24) is 14.9 Å². The summed E-state index contributed by atoms with van der Waals surface area (Å²) in [6, 6.07) is 18.6. The molecule has 0 saturated carbocycles. The molecule has 0 bridgehead atoms. The normalized spacial score (nSPS) is 18.7. The van der Waals surface area contributed by atoms with Crippen LogP contribution >= 0.6 is 0 Å². The molecule has 0 aliphatic carbocycles. The number of hydrogen-bond donors (Lipinski definition) is 0. The van der Waals surface area contributed by atoms with Crippen molar-refractivity contribution in [3.63, 3.8) is 0 Å². The Bertz CT molecular complexity index is 978. The van der Waals surface area contributed by atoms with Gasteiger partial charge in [-0.2, -0.15) is 5.26 Å². The third-order valence-electron chi connectivity index (χ3n) is 6.47. The first-order chi connectivity index (χ1) is 15.7. The summed E-state index contributed by atoms with van der Waals surface area (Å²) in [5, 5.41) is 9.06. The second-order valence-corrected chi connectivity index (χ2v) is 8.64. The average Bonchev–Trinajstić information content (AvgIpc) is 3.27. The number of nitriles is 1. The Morgan fingerprint density at radius 3 is 2.31 bits per heavy atom. The van der Waals surface area contributed by atoms with Gasteiger partial charge in [0.1, 0.15) is 0 Å². The van der Waals surface area contributed by atoms with Crippen LogP contribution < -0.4 is 0 Å². The zero-order valence-electron chi connectivity index (χ0n) is 18.7. The van der Waals surface area contributed by atoms with E-state index in [9.17, 15) is 0 Å². The molecule has 0 radical (unpaired) electrons. The molecule has 0 spiro atoms. The smallest absolute Gasteiger partial charge is 0.0991 e. The quantitative estimate of drug-likeness (QED) is 0.492. The summed E-state index contributed by atoms with van der Waals surface area (Å²) < 4.78 is 5.99. The summed E-state index contributed by atoms with van der Waals surface area (Å²) in [6.07, 6.45) is 10.7. The highest BCUT2D eigenvalue weighted by Crippen LogP contribution is 2.41. The van der Waals surface area contributed by atoms with Crippen LogP contribution in [-0.4, -0.2) is 41.2 Å². The molecule has 1 aromatic carbocycles. The monoisotopic (exact) mass is 426 g/mol. The number of likely N-dealkylation sites (tertiary alicyclic amines) is 1. The largest absolute Gasteiger partial charge is 0.381 e. The van der Waals surface area contributed by atoms with Gasteiger partial charge in [-0.15, -0.1) is 0 Å². The molecule has 1 aliphatic heterocycles. The van der Waals surface area contributed by atoms with Crippen LogP contribution in [0.5, 0.6) is 0 Å². The molecule has 2 aromatic heterocycles. The van der Waals surface area contributed by atoms with E-state index in [0.717, 1.165) is 45.6 Å². The third-order valence-corrected chi connectivity index (χ3v) is 6.47. The number of benzene rings is 1. The number of aryl methyl sites for hydroxylation is 1. The average molecular weight is 427 g/mol. The van der Waals surface area contributed by atoms with Gasteiger partial charge in [-0.1, -0.05) is 24.3 Å². The molecule has 32 heavy (non-hydrogen) atoms. The van der Waals surface area contributed by atoms with E-state index < -0.39 is 0 Å². The van der Waals surface area contributed by atoms with Crippen LogP contribution in [0.4, 0.5) is 0 Å². The van der Waals surface area contributed by atoms with Gasteiger partial charge in [0.2, 0.25) is 0 Å². The topological polar surface area (TPSA) is 62.0 Å². The Morgan fingerprint density at radius 2 is 1.75 bits per heavy atom. The van der Waals surface area contributed by atoms with E-state index in [-0.39, 0.29) is 11.5 Å². The molecule has 3 heterocycles. The number of aromatic nitrogens is 2.